The molecule has 0 saturated carbocycles. The highest BCUT2D eigenvalue weighted by molar-refractivity contribution is 5.94. The zero-order valence-corrected chi connectivity index (χ0v) is 12.2. The second kappa shape index (κ2) is 5.65. The van der Waals surface area contributed by atoms with Crippen molar-refractivity contribution >= 4 is 5.91 Å². The molecule has 0 N–H and O–H groups in total. The van der Waals surface area contributed by atoms with Crippen LogP contribution in [0.15, 0.2) is 30.9 Å². The van der Waals surface area contributed by atoms with Crippen LogP contribution >= 0.6 is 0 Å². The fourth-order valence-electron chi connectivity index (χ4n) is 2.64. The lowest BCUT2D eigenvalue weighted by molar-refractivity contribution is 0.0599. The Hall–Kier alpha value is -2.21. The highest BCUT2D eigenvalue weighted by Gasteiger charge is 2.28. The van der Waals surface area contributed by atoms with Crippen molar-refractivity contribution in [3.8, 4) is 0 Å². The van der Waals surface area contributed by atoms with Gasteiger partial charge in [0.05, 0.1) is 36.8 Å². The Morgan fingerprint density at radius 3 is 3.00 bits per heavy atom. The molecule has 2 aromatic heterocycles. The smallest absolute Gasteiger partial charge is 0.255 e. The van der Waals surface area contributed by atoms with Crippen molar-refractivity contribution in [2.75, 3.05) is 20.3 Å². The number of methoxy groups -OCH3 is 1. The Morgan fingerprint density at radius 2 is 2.29 bits per heavy atom. The van der Waals surface area contributed by atoms with Crippen LogP contribution in [0.5, 0.6) is 0 Å². The fraction of sp³-hybridized carbons (Fsp3) is 0.400. The SMILES string of the molecule is COCC1CN(C(=O)c2ccc(C)nc2)Cc2cncn21. The number of imidazole rings is 1. The molecule has 1 amide bonds. The minimum Gasteiger partial charge on any atom is -0.382 e. The maximum atomic E-state index is 12.6. The van der Waals surface area contributed by atoms with Crippen LogP contribution in [-0.4, -0.2) is 45.6 Å². The molecular weight excluding hydrogens is 268 g/mol. The van der Waals surface area contributed by atoms with E-state index in [1.165, 1.54) is 0 Å². The molecule has 21 heavy (non-hydrogen) atoms. The zero-order valence-electron chi connectivity index (χ0n) is 12.2. The molecule has 0 fully saturated rings. The topological polar surface area (TPSA) is 60.2 Å². The Balaban J connectivity index is 1.83. The van der Waals surface area contributed by atoms with Gasteiger partial charge >= 0.3 is 0 Å². The number of fused-ring (bicyclic) bond motifs is 1. The largest absolute Gasteiger partial charge is 0.382 e. The summed E-state index contributed by atoms with van der Waals surface area (Å²) in [6.45, 7) is 3.64. The number of ether oxygens (including phenoxy) is 1. The summed E-state index contributed by atoms with van der Waals surface area (Å²) in [5, 5.41) is 0. The number of hydrogen-bond acceptors (Lipinski definition) is 4. The highest BCUT2D eigenvalue weighted by atomic mass is 16.5. The van der Waals surface area contributed by atoms with Gasteiger partial charge in [-0.2, -0.15) is 0 Å². The van der Waals surface area contributed by atoms with Crippen molar-refractivity contribution < 1.29 is 9.53 Å². The standard InChI is InChI=1S/C15H18N4O2/c1-11-3-4-12(5-17-11)15(20)18-7-13-6-16-10-19(13)14(8-18)9-21-2/h3-6,10,14H,7-9H2,1-2H3. The molecule has 0 radical (unpaired) electrons. The van der Waals surface area contributed by atoms with Gasteiger partial charge in [-0.05, 0) is 19.1 Å². The first-order chi connectivity index (χ1) is 10.2. The van der Waals surface area contributed by atoms with Crippen LogP contribution in [0.4, 0.5) is 0 Å². The number of carbonyl (C=O) groups is 1. The molecule has 6 nitrogen and oxygen atoms in total. The number of hydrogen-bond donors (Lipinski definition) is 0. The maximum absolute atomic E-state index is 12.6. The molecule has 3 heterocycles. The average Bonchev–Trinajstić information content (AvgIpc) is 2.96. The first-order valence-corrected chi connectivity index (χ1v) is 6.90. The van der Waals surface area contributed by atoms with E-state index >= 15 is 0 Å². The summed E-state index contributed by atoms with van der Waals surface area (Å²) >= 11 is 0. The van der Waals surface area contributed by atoms with Gasteiger partial charge in [0.1, 0.15) is 0 Å². The minimum atomic E-state index is -0.00365. The van der Waals surface area contributed by atoms with Gasteiger partial charge in [0.2, 0.25) is 0 Å². The zero-order chi connectivity index (χ0) is 14.8. The van der Waals surface area contributed by atoms with E-state index in [0.29, 0.717) is 25.3 Å². The minimum absolute atomic E-state index is 0.00365. The predicted molar refractivity (Wildman–Crippen MR) is 76.9 cm³/mol. The van der Waals surface area contributed by atoms with Crippen LogP contribution in [0.1, 0.15) is 27.8 Å². The van der Waals surface area contributed by atoms with Crippen LogP contribution in [0.2, 0.25) is 0 Å². The molecule has 0 saturated heterocycles. The monoisotopic (exact) mass is 286 g/mol. The summed E-state index contributed by atoms with van der Waals surface area (Å²) < 4.78 is 7.34. The Bertz CT molecular complexity index is 635. The third-order valence-corrected chi connectivity index (χ3v) is 3.73. The lowest BCUT2D eigenvalue weighted by Gasteiger charge is -2.34. The van der Waals surface area contributed by atoms with Gasteiger partial charge < -0.3 is 14.2 Å². The van der Waals surface area contributed by atoms with Gasteiger partial charge in [-0.15, -0.1) is 0 Å². The van der Waals surface area contributed by atoms with E-state index in [0.717, 1.165) is 11.4 Å². The van der Waals surface area contributed by atoms with Crippen molar-refractivity contribution in [2.24, 2.45) is 0 Å². The summed E-state index contributed by atoms with van der Waals surface area (Å²) in [6.07, 6.45) is 5.23. The molecule has 3 rings (SSSR count). The van der Waals surface area contributed by atoms with Crippen molar-refractivity contribution in [1.29, 1.82) is 0 Å². The highest BCUT2D eigenvalue weighted by Crippen LogP contribution is 2.22. The molecule has 6 heteroatoms. The lowest BCUT2D eigenvalue weighted by atomic mass is 10.1. The van der Waals surface area contributed by atoms with Crippen molar-refractivity contribution in [1.82, 2.24) is 19.4 Å². The van der Waals surface area contributed by atoms with Gasteiger partial charge in [-0.1, -0.05) is 0 Å². The molecular formula is C15H18N4O2. The van der Waals surface area contributed by atoms with Crippen LogP contribution in [0, 0.1) is 6.92 Å². The third kappa shape index (κ3) is 2.67. The number of rotatable bonds is 3. The van der Waals surface area contributed by atoms with Crippen LogP contribution in [0.3, 0.4) is 0 Å². The van der Waals surface area contributed by atoms with E-state index in [1.54, 1.807) is 25.8 Å². The molecule has 0 aromatic carbocycles. The summed E-state index contributed by atoms with van der Waals surface area (Å²) in [5.74, 6) is -0.00365. The number of aryl methyl sites for hydroxylation is 1. The number of aromatic nitrogens is 3. The third-order valence-electron chi connectivity index (χ3n) is 3.73. The summed E-state index contributed by atoms with van der Waals surface area (Å²) in [5.41, 5.74) is 2.54. The van der Waals surface area contributed by atoms with Crippen molar-refractivity contribution in [2.45, 2.75) is 19.5 Å². The Labute approximate surface area is 123 Å². The van der Waals surface area contributed by atoms with Crippen LogP contribution in [-0.2, 0) is 11.3 Å². The van der Waals surface area contributed by atoms with E-state index in [9.17, 15) is 4.79 Å². The van der Waals surface area contributed by atoms with Gasteiger partial charge in [-0.25, -0.2) is 4.98 Å². The van der Waals surface area contributed by atoms with Gasteiger partial charge in [0, 0.05) is 31.7 Å². The van der Waals surface area contributed by atoms with E-state index < -0.39 is 0 Å². The van der Waals surface area contributed by atoms with Gasteiger partial charge in [0.25, 0.3) is 5.91 Å². The second-order valence-corrected chi connectivity index (χ2v) is 5.28. The maximum Gasteiger partial charge on any atom is 0.255 e. The molecule has 1 unspecified atom stereocenters. The number of carbonyl (C=O) groups excluding carboxylic acids is 1. The number of amides is 1. The van der Waals surface area contributed by atoms with Crippen molar-refractivity contribution in [3.05, 3.63) is 47.8 Å². The Kier molecular flexibility index (Phi) is 3.70. The van der Waals surface area contributed by atoms with Gasteiger partial charge in [0.15, 0.2) is 0 Å². The molecule has 1 atom stereocenters. The van der Waals surface area contributed by atoms with Crippen molar-refractivity contribution in [3.63, 3.8) is 0 Å². The molecule has 0 aliphatic carbocycles. The van der Waals surface area contributed by atoms with Gasteiger partial charge in [-0.3, -0.25) is 9.78 Å². The number of pyridine rings is 1. The van der Waals surface area contributed by atoms with E-state index in [4.69, 9.17) is 4.74 Å². The van der Waals surface area contributed by atoms with E-state index in [2.05, 4.69) is 14.5 Å². The molecule has 1 aliphatic rings. The molecule has 110 valence electrons. The lowest BCUT2D eigenvalue weighted by Crippen LogP contribution is -2.42. The van der Waals surface area contributed by atoms with E-state index in [1.807, 2.05) is 24.0 Å². The molecule has 0 bridgehead atoms. The molecule has 0 spiro atoms. The van der Waals surface area contributed by atoms with Crippen LogP contribution in [0.25, 0.3) is 0 Å². The summed E-state index contributed by atoms with van der Waals surface area (Å²) in [7, 11) is 1.67. The first-order valence-electron chi connectivity index (χ1n) is 6.90. The Morgan fingerprint density at radius 1 is 1.43 bits per heavy atom. The second-order valence-electron chi connectivity index (χ2n) is 5.28. The quantitative estimate of drug-likeness (QED) is 0.856. The predicted octanol–water partition coefficient (Wildman–Crippen LogP) is 1.43. The average molecular weight is 286 g/mol. The molecule has 1 aliphatic heterocycles. The number of nitrogens with zero attached hydrogens (tertiary/aromatic N) is 4. The fourth-order valence-corrected chi connectivity index (χ4v) is 2.64. The van der Waals surface area contributed by atoms with Crippen LogP contribution < -0.4 is 0 Å². The molecule has 2 aromatic rings. The summed E-state index contributed by atoms with van der Waals surface area (Å²) in [4.78, 5) is 22.8. The summed E-state index contributed by atoms with van der Waals surface area (Å²) in [6, 6.07) is 3.78. The first kappa shape index (κ1) is 13.8. The van der Waals surface area contributed by atoms with E-state index in [-0.39, 0.29) is 11.9 Å². The normalized spacial score (nSPS) is 17.6.